The molecule has 0 radical (unpaired) electrons. The van der Waals surface area contributed by atoms with Crippen molar-refractivity contribution in [2.45, 2.75) is 330 Å². The third-order valence-corrected chi connectivity index (χ3v) is 19.4. The number of hydrogen-bond donors (Lipinski definition) is 7. The Morgan fingerprint density at radius 2 is 0.547 bits per heavy atom. The fourth-order valence-electron chi connectivity index (χ4n) is 12.3. The summed E-state index contributed by atoms with van der Waals surface area (Å²) in [5.41, 5.74) is 7.81. The van der Waals surface area contributed by atoms with Gasteiger partial charge >= 0.3 is 11.8 Å². The van der Waals surface area contributed by atoms with Gasteiger partial charge in [-0.15, -0.1) is 22.6 Å². The van der Waals surface area contributed by atoms with E-state index < -0.39 is 71.2 Å². The van der Waals surface area contributed by atoms with E-state index in [-0.39, 0.29) is 34.0 Å². The Morgan fingerprint density at radius 1 is 0.347 bits per heavy atom. The maximum atomic E-state index is 12.5. The molecule has 1 unspecified atom stereocenters. The van der Waals surface area contributed by atoms with Gasteiger partial charge in [-0.2, -0.15) is 0 Å². The van der Waals surface area contributed by atoms with Gasteiger partial charge in [-0.1, -0.05) is 247 Å². The number of ether oxygens (including phenoxy) is 4. The second-order valence-corrected chi connectivity index (χ2v) is 38.9. The number of hydrazine groups is 2. The van der Waals surface area contributed by atoms with Gasteiger partial charge in [0.05, 0.1) is 0 Å². The van der Waals surface area contributed by atoms with E-state index in [2.05, 4.69) is 232 Å². The molecule has 5 aromatic rings. The molecule has 7 N–H and O–H groups in total. The van der Waals surface area contributed by atoms with Crippen LogP contribution in [0.15, 0.2) is 60.7 Å². The van der Waals surface area contributed by atoms with Crippen LogP contribution in [0.5, 0.6) is 57.5 Å². The highest BCUT2D eigenvalue weighted by Crippen LogP contribution is 2.53. The van der Waals surface area contributed by atoms with Gasteiger partial charge in [0.15, 0.2) is 11.0 Å². The van der Waals surface area contributed by atoms with E-state index in [1.165, 1.54) is 5.28 Å². The minimum absolute atomic E-state index is 0.149. The fourth-order valence-corrected chi connectivity index (χ4v) is 13.7. The number of phenolic OH excluding ortho intramolecular Hbond substituents is 5. The third-order valence-electron chi connectivity index (χ3n) is 17.8. The smallest absolute Gasteiger partial charge is 0.352 e. The molecule has 0 saturated carbocycles. The van der Waals surface area contributed by atoms with E-state index in [1.54, 1.807) is 11.8 Å². The first kappa shape index (κ1) is 78.3. The van der Waals surface area contributed by atoms with E-state index in [0.717, 1.165) is 32.1 Å². The molecule has 14 heteroatoms. The molecule has 95 heavy (non-hydrogen) atoms. The van der Waals surface area contributed by atoms with E-state index in [4.69, 9.17) is 23.8 Å². The molecule has 0 spiro atoms. The number of unbranched alkanes of at least 4 members (excludes halogenated alkanes) is 3. The number of nitrogens with one attached hydrogen (secondary N) is 2. The van der Waals surface area contributed by atoms with Crippen LogP contribution in [0.4, 0.5) is 0 Å². The molecule has 0 bridgehead atoms. The molecule has 1 heterocycles. The van der Waals surface area contributed by atoms with Crippen molar-refractivity contribution < 1.29 is 49.3 Å². The highest BCUT2D eigenvalue weighted by atomic mass is 32.2. The summed E-state index contributed by atoms with van der Waals surface area (Å²) in [5.74, 6) is -2.15. The lowest BCUT2D eigenvalue weighted by molar-refractivity contribution is -0.366. The van der Waals surface area contributed by atoms with Crippen molar-refractivity contribution in [3.63, 3.8) is 0 Å². The summed E-state index contributed by atoms with van der Waals surface area (Å²) in [5, 5.41) is 62.2. The molecule has 1 atom stereocenters. The highest BCUT2D eigenvalue weighted by Gasteiger charge is 2.67. The molecule has 1 saturated heterocycles. The van der Waals surface area contributed by atoms with Gasteiger partial charge in [-0.3, -0.25) is 0 Å². The first-order chi connectivity index (χ1) is 42.7. The summed E-state index contributed by atoms with van der Waals surface area (Å²) in [6.07, 6.45) is 4.80. The summed E-state index contributed by atoms with van der Waals surface area (Å²) < 4.78 is 32.3. The minimum atomic E-state index is -2.26. The average Bonchev–Trinajstić information content (AvgIpc) is 0.718. The number of thioether (sulfide) groups is 1. The maximum absolute atomic E-state index is 12.5. The van der Waals surface area contributed by atoms with Gasteiger partial charge < -0.3 is 49.3 Å². The van der Waals surface area contributed by atoms with Crippen LogP contribution >= 0.6 is 11.8 Å². The predicted molar refractivity (Wildman–Crippen MR) is 394 cm³/mol. The van der Waals surface area contributed by atoms with E-state index in [9.17, 15) is 25.5 Å². The molecule has 530 valence electrons. The SMILES string of the molecule is CCCCCCC(C)SC1C(Oc2cc(C(C)(C)C)c(O)c(C(C)(C)C)c2)(Oc2cc(C(C)(C)C)c(O)c(C(C)(C)C)c2)NN(Oc2cc(C(C)(C)C)c(O)c(C(C)(C)C)c2)NC1(Oc1cc(C(C)(C)C)c(O)c(C(C)(C)C)c1)Oc1cc(C(C)(C)C)c(O)c(C(C)(C)C)c1. The molecule has 0 amide bonds. The van der Waals surface area contributed by atoms with Gasteiger partial charge in [0.2, 0.25) is 0 Å². The average molecular weight is 1330 g/mol. The van der Waals surface area contributed by atoms with Crippen molar-refractivity contribution in [3.8, 4) is 57.5 Å². The molecule has 6 rings (SSSR count). The van der Waals surface area contributed by atoms with Crippen molar-refractivity contribution >= 4 is 11.8 Å². The Balaban J connectivity index is 2.01. The number of rotatable bonds is 17. The first-order valence-corrected chi connectivity index (χ1v) is 35.5. The Kier molecular flexibility index (Phi) is 22.2. The van der Waals surface area contributed by atoms with Crippen molar-refractivity contribution in [1.82, 2.24) is 16.1 Å². The Labute approximate surface area is 578 Å². The molecule has 5 aromatic carbocycles. The summed E-state index contributed by atoms with van der Waals surface area (Å²) in [4.78, 5) is 7.40. The summed E-state index contributed by atoms with van der Waals surface area (Å²) in [7, 11) is 0. The zero-order valence-electron chi connectivity index (χ0n) is 64.6. The lowest BCUT2D eigenvalue weighted by atomic mass is 9.79. The van der Waals surface area contributed by atoms with Gasteiger partial charge in [0.1, 0.15) is 51.7 Å². The molecule has 0 aliphatic carbocycles. The zero-order chi connectivity index (χ0) is 72.5. The predicted octanol–water partition coefficient (Wildman–Crippen LogP) is 20.9. The normalized spacial score (nSPS) is 16.2. The van der Waals surface area contributed by atoms with Crippen LogP contribution in [0.2, 0.25) is 0 Å². The fraction of sp³-hybridized carbons (Fsp3) is 0.630. The van der Waals surface area contributed by atoms with Crippen LogP contribution in [0.3, 0.4) is 0 Å². The molecular formula is C81H125N3O10S. The Hall–Kier alpha value is -5.67. The van der Waals surface area contributed by atoms with Crippen molar-refractivity contribution in [3.05, 3.63) is 116 Å². The second-order valence-electron chi connectivity index (χ2n) is 37.4. The minimum Gasteiger partial charge on any atom is -0.507 e. The molecular weight excluding hydrogens is 1210 g/mol. The van der Waals surface area contributed by atoms with Crippen molar-refractivity contribution in [2.24, 2.45) is 0 Å². The van der Waals surface area contributed by atoms with E-state index in [1.807, 2.05) is 60.7 Å². The topological polar surface area (TPSA) is 175 Å². The van der Waals surface area contributed by atoms with E-state index in [0.29, 0.717) is 84.4 Å². The largest absolute Gasteiger partial charge is 0.507 e. The van der Waals surface area contributed by atoms with Gasteiger partial charge in [0.25, 0.3) is 0 Å². The summed E-state index contributed by atoms with van der Waals surface area (Å²) in [6, 6.07) is 18.7. The number of benzene rings is 5. The lowest BCUT2D eigenvalue weighted by Gasteiger charge is -2.54. The van der Waals surface area contributed by atoms with Gasteiger partial charge in [-0.05, 0) is 121 Å². The monoisotopic (exact) mass is 1330 g/mol. The van der Waals surface area contributed by atoms with Crippen LogP contribution < -0.4 is 34.6 Å². The molecule has 1 aliphatic rings. The van der Waals surface area contributed by atoms with Crippen molar-refractivity contribution in [2.75, 3.05) is 0 Å². The lowest BCUT2D eigenvalue weighted by Crippen LogP contribution is -2.86. The maximum Gasteiger partial charge on any atom is 0.352 e. The van der Waals surface area contributed by atoms with Crippen LogP contribution in [0, 0.1) is 0 Å². The molecule has 1 aliphatic heterocycles. The van der Waals surface area contributed by atoms with Crippen LogP contribution in [0.1, 0.15) is 309 Å². The zero-order valence-corrected chi connectivity index (χ0v) is 65.4. The summed E-state index contributed by atoms with van der Waals surface area (Å²) >= 11 is 1.54. The Morgan fingerprint density at radius 3 is 0.737 bits per heavy atom. The number of phenols is 5. The van der Waals surface area contributed by atoms with Crippen LogP contribution in [0.25, 0.3) is 0 Å². The number of hydrogen-bond acceptors (Lipinski definition) is 14. The van der Waals surface area contributed by atoms with Gasteiger partial charge in [0, 0.05) is 66.2 Å². The first-order valence-electron chi connectivity index (χ1n) is 34.6. The van der Waals surface area contributed by atoms with E-state index >= 15 is 0 Å². The Bertz CT molecular complexity index is 3010. The quantitative estimate of drug-likeness (QED) is 0.0346. The van der Waals surface area contributed by atoms with Crippen LogP contribution in [-0.4, -0.2) is 53.1 Å². The van der Waals surface area contributed by atoms with Gasteiger partial charge in [-0.25, -0.2) is 0 Å². The van der Waals surface area contributed by atoms with Crippen molar-refractivity contribution in [1.29, 1.82) is 0 Å². The molecule has 1 fully saturated rings. The number of nitrogens with zero attached hydrogens (tertiary/aromatic N) is 1. The standard InChI is InChI=1S/C81H125N3O10S/c1-33-34-35-36-37-48(2)95-69-80(90-49-38-54(70(3,4)5)64(85)55(39-49)71(6,7)8,91-50-40-56(72(9,10)11)65(86)57(41-50)73(12,13)14)82-84(94-53-46-62(78(27,28)29)68(89)63(47-53)79(30,31)32)83-81(69,92-51-42-58(74(15,16)17)66(87)59(43-51)75(18,19)20)93-52-44-60(76(21,22)23)67(88)61(45-52)77(24,25)26/h38-48,69,82-83,85-89H,33-37H2,1-32H3. The molecule has 13 nitrogen and oxygen atoms in total. The third kappa shape index (κ3) is 18.2. The number of aromatic hydroxyl groups is 5. The second kappa shape index (κ2) is 26.9. The molecule has 0 aromatic heterocycles. The van der Waals surface area contributed by atoms with Crippen LogP contribution in [-0.2, 0) is 54.1 Å². The highest BCUT2D eigenvalue weighted by molar-refractivity contribution is 8.00. The summed E-state index contributed by atoms with van der Waals surface area (Å²) in [6.45, 7) is 66.2.